The average molecular weight is 416 g/mol. The van der Waals surface area contributed by atoms with Crippen LogP contribution in [0.5, 0.6) is 0 Å². The van der Waals surface area contributed by atoms with Gasteiger partial charge in [0.2, 0.25) is 0 Å². The lowest BCUT2D eigenvalue weighted by Gasteiger charge is -2.29. The fourth-order valence-electron chi connectivity index (χ4n) is 3.92. The maximum Gasteiger partial charge on any atom is 0.335 e. The molecule has 1 saturated heterocycles. The SMILES string of the molecule is O=C(O)c1cccc(C2CC=C(/C=C3\SC(=S)N(C4CCCCC4)C3=O)O2)c1. The van der Waals surface area contributed by atoms with Crippen molar-refractivity contribution in [1.29, 1.82) is 0 Å². The van der Waals surface area contributed by atoms with Crippen molar-refractivity contribution >= 4 is 40.2 Å². The Bertz CT molecular complexity index is 886. The van der Waals surface area contributed by atoms with Crippen molar-refractivity contribution < 1.29 is 19.4 Å². The highest BCUT2D eigenvalue weighted by Gasteiger charge is 2.38. The van der Waals surface area contributed by atoms with Gasteiger partial charge in [0.1, 0.15) is 16.2 Å². The minimum atomic E-state index is -0.959. The molecule has 1 amide bonds. The number of carbonyl (C=O) groups is 2. The third-order valence-corrected chi connectivity index (χ3v) is 6.68. The van der Waals surface area contributed by atoms with Crippen LogP contribution in [0, 0.1) is 0 Å². The third-order valence-electron chi connectivity index (χ3n) is 5.35. The van der Waals surface area contributed by atoms with Gasteiger partial charge in [0.05, 0.1) is 10.5 Å². The Kier molecular flexibility index (Phi) is 5.55. The summed E-state index contributed by atoms with van der Waals surface area (Å²) in [6.45, 7) is 0. The Labute approximate surface area is 173 Å². The second-order valence-corrected chi connectivity index (χ2v) is 8.90. The number of nitrogens with zero attached hydrogens (tertiary/aromatic N) is 1. The average Bonchev–Trinajstić information content (AvgIpc) is 3.27. The molecule has 0 aromatic heterocycles. The number of carbonyl (C=O) groups excluding carboxylic acids is 1. The Hall–Kier alpha value is -2.12. The molecule has 1 N–H and O–H groups in total. The van der Waals surface area contributed by atoms with Gasteiger partial charge < -0.3 is 9.84 Å². The molecule has 2 heterocycles. The zero-order valence-electron chi connectivity index (χ0n) is 15.3. The predicted molar refractivity (Wildman–Crippen MR) is 112 cm³/mol. The summed E-state index contributed by atoms with van der Waals surface area (Å²) in [5.41, 5.74) is 1.05. The fraction of sp³-hybridized carbons (Fsp3) is 0.381. The number of benzene rings is 1. The molecule has 4 rings (SSSR count). The van der Waals surface area contributed by atoms with E-state index in [9.17, 15) is 9.59 Å². The topological polar surface area (TPSA) is 66.8 Å². The molecule has 0 radical (unpaired) electrons. The Balaban J connectivity index is 1.45. The third kappa shape index (κ3) is 3.86. The number of carboxylic acids is 1. The normalized spacial score (nSPS) is 24.6. The van der Waals surface area contributed by atoms with Gasteiger partial charge in [-0.2, -0.15) is 0 Å². The molecule has 7 heteroatoms. The van der Waals surface area contributed by atoms with Crippen LogP contribution in [-0.4, -0.2) is 32.2 Å². The highest BCUT2D eigenvalue weighted by Crippen LogP contribution is 2.39. The molecule has 0 spiro atoms. The lowest BCUT2D eigenvalue weighted by molar-refractivity contribution is -0.124. The van der Waals surface area contributed by atoms with Crippen molar-refractivity contribution in [2.24, 2.45) is 0 Å². The first-order valence-corrected chi connectivity index (χ1v) is 10.7. The molecule has 1 unspecified atom stereocenters. The summed E-state index contributed by atoms with van der Waals surface area (Å²) in [7, 11) is 0. The van der Waals surface area contributed by atoms with Crippen LogP contribution in [0.15, 0.2) is 47.1 Å². The molecular formula is C21H21NO4S2. The maximum absolute atomic E-state index is 12.9. The van der Waals surface area contributed by atoms with Crippen LogP contribution in [0.3, 0.4) is 0 Å². The number of ether oxygens (including phenoxy) is 1. The Morgan fingerprint density at radius 1 is 1.29 bits per heavy atom. The zero-order valence-corrected chi connectivity index (χ0v) is 16.9. The molecule has 2 aliphatic heterocycles. The Morgan fingerprint density at radius 3 is 2.82 bits per heavy atom. The lowest BCUT2D eigenvalue weighted by atomic mass is 9.94. The molecule has 1 saturated carbocycles. The predicted octanol–water partition coefficient (Wildman–Crippen LogP) is 4.81. The van der Waals surface area contributed by atoms with E-state index in [1.165, 1.54) is 18.2 Å². The number of allylic oxidation sites excluding steroid dienone is 1. The molecule has 5 nitrogen and oxygen atoms in total. The fourth-order valence-corrected chi connectivity index (χ4v) is 5.30. The van der Waals surface area contributed by atoms with Gasteiger partial charge in [0.25, 0.3) is 5.91 Å². The van der Waals surface area contributed by atoms with Gasteiger partial charge in [0, 0.05) is 12.5 Å². The number of thioether (sulfide) groups is 1. The van der Waals surface area contributed by atoms with Gasteiger partial charge >= 0.3 is 5.97 Å². The van der Waals surface area contributed by atoms with Gasteiger partial charge in [-0.05, 0) is 42.7 Å². The Morgan fingerprint density at radius 2 is 2.07 bits per heavy atom. The van der Waals surface area contributed by atoms with Crippen LogP contribution >= 0.6 is 24.0 Å². The zero-order chi connectivity index (χ0) is 19.7. The summed E-state index contributed by atoms with van der Waals surface area (Å²) in [4.78, 5) is 26.4. The number of hydrogen-bond acceptors (Lipinski definition) is 5. The quantitative estimate of drug-likeness (QED) is 0.562. The molecule has 146 valence electrons. The van der Waals surface area contributed by atoms with Crippen LogP contribution in [0.1, 0.15) is 60.6 Å². The standard InChI is InChI=1S/C21H21NO4S2/c23-19-18(28-21(27)22(19)15-7-2-1-3-8-15)12-16-9-10-17(26-16)13-5-4-6-14(11-13)20(24)25/h4-6,9,11-12,15,17H,1-3,7-8,10H2,(H,24,25)/b18-12-. The minimum Gasteiger partial charge on any atom is -0.486 e. The summed E-state index contributed by atoms with van der Waals surface area (Å²) in [5, 5.41) is 9.16. The number of carboxylic acid groups (broad SMARTS) is 1. The van der Waals surface area contributed by atoms with E-state index in [0.29, 0.717) is 21.4 Å². The first-order chi connectivity index (χ1) is 13.5. The van der Waals surface area contributed by atoms with Crippen molar-refractivity contribution in [1.82, 2.24) is 4.90 Å². The number of thiocarbonyl (C=S) groups is 1. The van der Waals surface area contributed by atoms with Gasteiger partial charge in [0.15, 0.2) is 0 Å². The highest BCUT2D eigenvalue weighted by atomic mass is 32.2. The molecular weight excluding hydrogens is 394 g/mol. The minimum absolute atomic E-state index is 0.0253. The number of hydrogen-bond donors (Lipinski definition) is 1. The van der Waals surface area contributed by atoms with E-state index in [1.807, 2.05) is 12.1 Å². The number of amides is 1. The molecule has 3 aliphatic rings. The molecule has 2 fully saturated rings. The summed E-state index contributed by atoms with van der Waals surface area (Å²) in [6, 6.07) is 6.99. The smallest absolute Gasteiger partial charge is 0.335 e. The van der Waals surface area contributed by atoms with E-state index >= 15 is 0 Å². The van der Waals surface area contributed by atoms with Crippen molar-refractivity contribution in [2.45, 2.75) is 50.7 Å². The van der Waals surface area contributed by atoms with E-state index in [2.05, 4.69) is 0 Å². The van der Waals surface area contributed by atoms with E-state index < -0.39 is 5.97 Å². The second-order valence-electron chi connectivity index (χ2n) is 7.22. The van der Waals surface area contributed by atoms with Crippen molar-refractivity contribution in [2.75, 3.05) is 0 Å². The van der Waals surface area contributed by atoms with Crippen LogP contribution in [0.4, 0.5) is 0 Å². The molecule has 0 bridgehead atoms. The van der Waals surface area contributed by atoms with Gasteiger partial charge in [-0.3, -0.25) is 9.69 Å². The van der Waals surface area contributed by atoms with Crippen LogP contribution in [0.2, 0.25) is 0 Å². The summed E-state index contributed by atoms with van der Waals surface area (Å²) in [5.74, 6) is -0.350. The van der Waals surface area contributed by atoms with E-state index in [0.717, 1.165) is 31.2 Å². The maximum atomic E-state index is 12.9. The van der Waals surface area contributed by atoms with Crippen molar-refractivity contribution in [3.05, 3.63) is 58.2 Å². The molecule has 1 aromatic rings. The summed E-state index contributed by atoms with van der Waals surface area (Å²) >= 11 is 6.80. The van der Waals surface area contributed by atoms with Crippen LogP contribution in [-0.2, 0) is 9.53 Å². The lowest BCUT2D eigenvalue weighted by Crippen LogP contribution is -2.39. The van der Waals surface area contributed by atoms with E-state index in [1.54, 1.807) is 29.2 Å². The largest absolute Gasteiger partial charge is 0.486 e. The van der Waals surface area contributed by atoms with Crippen molar-refractivity contribution in [3.8, 4) is 0 Å². The summed E-state index contributed by atoms with van der Waals surface area (Å²) in [6.07, 6.45) is 9.65. The molecule has 28 heavy (non-hydrogen) atoms. The first-order valence-electron chi connectivity index (χ1n) is 9.50. The number of rotatable bonds is 4. The number of aromatic carboxylic acids is 1. The van der Waals surface area contributed by atoms with Crippen LogP contribution < -0.4 is 0 Å². The molecule has 1 atom stereocenters. The molecule has 1 aliphatic carbocycles. The van der Waals surface area contributed by atoms with Crippen LogP contribution in [0.25, 0.3) is 0 Å². The van der Waals surface area contributed by atoms with Gasteiger partial charge in [-0.15, -0.1) is 0 Å². The van der Waals surface area contributed by atoms with Gasteiger partial charge in [-0.1, -0.05) is 55.4 Å². The van der Waals surface area contributed by atoms with Crippen molar-refractivity contribution in [3.63, 3.8) is 0 Å². The van der Waals surface area contributed by atoms with E-state index in [4.69, 9.17) is 22.1 Å². The monoisotopic (exact) mass is 415 g/mol. The highest BCUT2D eigenvalue weighted by molar-refractivity contribution is 8.26. The molecule has 1 aromatic carbocycles. The summed E-state index contributed by atoms with van der Waals surface area (Å²) < 4.78 is 6.60. The first kappa shape index (κ1) is 19.2. The second kappa shape index (κ2) is 8.09. The van der Waals surface area contributed by atoms with Gasteiger partial charge in [-0.25, -0.2) is 4.79 Å². The van der Waals surface area contributed by atoms with E-state index in [-0.39, 0.29) is 23.6 Å².